The topological polar surface area (TPSA) is 53.9 Å². The second-order valence-electron chi connectivity index (χ2n) is 6.60. The lowest BCUT2D eigenvalue weighted by molar-refractivity contribution is -0.862. The van der Waals surface area contributed by atoms with Gasteiger partial charge in [-0.2, -0.15) is 0 Å². The smallest absolute Gasteiger partial charge is 0.277 e. The van der Waals surface area contributed by atoms with Crippen LogP contribution in [0.15, 0.2) is 24.3 Å². The Bertz CT molecular complexity index is 510. The summed E-state index contributed by atoms with van der Waals surface area (Å²) in [6.45, 7) is 5.61. The van der Waals surface area contributed by atoms with Crippen LogP contribution in [0.4, 0.5) is 0 Å². The third-order valence-electron chi connectivity index (χ3n) is 3.80. The summed E-state index contributed by atoms with van der Waals surface area (Å²) in [6, 6.07) is 8.53. The fourth-order valence-corrected chi connectivity index (χ4v) is 2.23. The zero-order valence-corrected chi connectivity index (χ0v) is 15.0. The number of quaternary nitrogens is 1. The largest absolute Gasteiger partial charge is 0.351 e. The van der Waals surface area contributed by atoms with Crippen molar-refractivity contribution in [3.05, 3.63) is 35.4 Å². The van der Waals surface area contributed by atoms with Crippen molar-refractivity contribution in [3.63, 3.8) is 0 Å². The van der Waals surface area contributed by atoms with Crippen LogP contribution in [0.1, 0.15) is 30.9 Å². The minimum atomic E-state index is -0.0205. The monoisotopic (exact) mass is 320 g/mol. The standard InChI is InChI=1S/C18H29N3O2/c1-14(2)16-8-6-15(7-9-16)10-11-19-17(22)12-21(5)13-18(23)20(3)4/h6-9,14H,10-13H2,1-5H3,(H,19,22)/p+1. The van der Waals surface area contributed by atoms with E-state index in [0.717, 1.165) is 11.3 Å². The van der Waals surface area contributed by atoms with E-state index in [2.05, 4.69) is 43.4 Å². The molecule has 1 rings (SSSR count). The van der Waals surface area contributed by atoms with E-state index in [9.17, 15) is 9.59 Å². The summed E-state index contributed by atoms with van der Waals surface area (Å²) in [4.78, 5) is 25.9. The van der Waals surface area contributed by atoms with Crippen molar-refractivity contribution < 1.29 is 14.5 Å². The van der Waals surface area contributed by atoms with Gasteiger partial charge in [0.1, 0.15) is 0 Å². The van der Waals surface area contributed by atoms with E-state index < -0.39 is 0 Å². The highest BCUT2D eigenvalue weighted by Crippen LogP contribution is 2.14. The predicted octanol–water partition coefficient (Wildman–Crippen LogP) is 0.0716. The Morgan fingerprint density at radius 3 is 2.26 bits per heavy atom. The molecule has 2 amide bonds. The van der Waals surface area contributed by atoms with Gasteiger partial charge in [-0.25, -0.2) is 0 Å². The summed E-state index contributed by atoms with van der Waals surface area (Å²) in [7, 11) is 5.30. The number of nitrogens with zero attached hydrogens (tertiary/aromatic N) is 1. The zero-order valence-electron chi connectivity index (χ0n) is 15.0. The molecule has 0 spiro atoms. The molecule has 0 saturated heterocycles. The molecule has 0 aliphatic heterocycles. The Morgan fingerprint density at radius 2 is 1.74 bits per heavy atom. The fourth-order valence-electron chi connectivity index (χ4n) is 2.23. The van der Waals surface area contributed by atoms with Gasteiger partial charge in [0.15, 0.2) is 13.1 Å². The maximum Gasteiger partial charge on any atom is 0.277 e. The van der Waals surface area contributed by atoms with Crippen LogP contribution < -0.4 is 10.2 Å². The number of carbonyl (C=O) groups excluding carboxylic acids is 2. The molecule has 0 fully saturated rings. The van der Waals surface area contributed by atoms with Crippen LogP contribution in [-0.2, 0) is 16.0 Å². The van der Waals surface area contributed by atoms with Gasteiger partial charge in [-0.3, -0.25) is 9.59 Å². The molecule has 0 aliphatic carbocycles. The van der Waals surface area contributed by atoms with Crippen LogP contribution in [0, 0.1) is 0 Å². The molecule has 128 valence electrons. The van der Waals surface area contributed by atoms with E-state index in [1.807, 2.05) is 7.05 Å². The molecule has 1 unspecified atom stereocenters. The summed E-state index contributed by atoms with van der Waals surface area (Å²) >= 11 is 0. The molecule has 0 heterocycles. The van der Waals surface area contributed by atoms with Gasteiger partial charge in [0.2, 0.25) is 0 Å². The van der Waals surface area contributed by atoms with Crippen LogP contribution in [-0.4, -0.2) is 57.5 Å². The maximum atomic E-state index is 11.9. The number of hydrogen-bond donors (Lipinski definition) is 2. The first-order valence-corrected chi connectivity index (χ1v) is 8.16. The van der Waals surface area contributed by atoms with E-state index in [1.165, 1.54) is 11.1 Å². The quantitative estimate of drug-likeness (QED) is 0.712. The van der Waals surface area contributed by atoms with E-state index in [-0.39, 0.29) is 11.8 Å². The average Bonchev–Trinajstić information content (AvgIpc) is 2.47. The molecule has 0 aliphatic rings. The Morgan fingerprint density at radius 1 is 1.13 bits per heavy atom. The molecule has 0 radical (unpaired) electrons. The lowest BCUT2D eigenvalue weighted by atomic mass is 10.0. The number of amides is 2. The van der Waals surface area contributed by atoms with E-state index in [4.69, 9.17) is 0 Å². The number of benzene rings is 1. The number of hydrogen-bond acceptors (Lipinski definition) is 2. The first-order chi connectivity index (χ1) is 10.8. The lowest BCUT2D eigenvalue weighted by Crippen LogP contribution is -3.11. The molecule has 5 nitrogen and oxygen atoms in total. The summed E-state index contributed by atoms with van der Waals surface area (Å²) < 4.78 is 0. The van der Waals surface area contributed by atoms with Crippen molar-refractivity contribution in [3.8, 4) is 0 Å². The molecule has 0 aromatic heterocycles. The van der Waals surface area contributed by atoms with E-state index in [1.54, 1.807) is 19.0 Å². The lowest BCUT2D eigenvalue weighted by Gasteiger charge is -2.16. The first-order valence-electron chi connectivity index (χ1n) is 8.16. The minimum absolute atomic E-state index is 0.0205. The van der Waals surface area contributed by atoms with Crippen LogP contribution in [0.25, 0.3) is 0 Å². The van der Waals surface area contributed by atoms with Gasteiger partial charge in [-0.1, -0.05) is 38.1 Å². The van der Waals surface area contributed by atoms with Crippen molar-refractivity contribution in [1.82, 2.24) is 10.2 Å². The third kappa shape index (κ3) is 7.28. The molecule has 0 saturated carbocycles. The third-order valence-corrected chi connectivity index (χ3v) is 3.80. The molecule has 1 atom stereocenters. The minimum Gasteiger partial charge on any atom is -0.351 e. The van der Waals surface area contributed by atoms with Gasteiger partial charge in [-0.05, 0) is 23.5 Å². The Hall–Kier alpha value is -1.88. The summed E-state index contributed by atoms with van der Waals surface area (Å²) in [5.41, 5.74) is 2.55. The Labute approximate surface area is 139 Å². The highest BCUT2D eigenvalue weighted by molar-refractivity contribution is 5.78. The SMILES string of the molecule is CC(C)c1ccc(CCNC(=O)C[NH+](C)CC(=O)N(C)C)cc1. The van der Waals surface area contributed by atoms with Crippen molar-refractivity contribution >= 4 is 11.8 Å². The maximum absolute atomic E-state index is 11.9. The average molecular weight is 320 g/mol. The molecule has 5 heteroatoms. The molecule has 1 aromatic carbocycles. The van der Waals surface area contributed by atoms with Crippen molar-refractivity contribution in [2.24, 2.45) is 0 Å². The number of carbonyl (C=O) groups is 2. The van der Waals surface area contributed by atoms with Crippen LogP contribution >= 0.6 is 0 Å². The molecular formula is C18H30N3O2+. The van der Waals surface area contributed by atoms with Crippen LogP contribution in [0.5, 0.6) is 0 Å². The summed E-state index contributed by atoms with van der Waals surface area (Å²) in [5.74, 6) is 0.542. The van der Waals surface area contributed by atoms with E-state index in [0.29, 0.717) is 25.6 Å². The molecular weight excluding hydrogens is 290 g/mol. The van der Waals surface area contributed by atoms with Gasteiger partial charge >= 0.3 is 0 Å². The molecule has 0 bridgehead atoms. The highest BCUT2D eigenvalue weighted by atomic mass is 16.2. The second-order valence-corrected chi connectivity index (χ2v) is 6.60. The Balaban J connectivity index is 2.29. The van der Waals surface area contributed by atoms with Crippen molar-refractivity contribution in [1.29, 1.82) is 0 Å². The molecule has 2 N–H and O–H groups in total. The second kappa shape index (κ2) is 9.30. The highest BCUT2D eigenvalue weighted by Gasteiger charge is 2.14. The van der Waals surface area contributed by atoms with Gasteiger partial charge in [0, 0.05) is 20.6 Å². The molecule has 1 aromatic rings. The summed E-state index contributed by atoms with van der Waals surface area (Å²) in [6.07, 6.45) is 0.819. The summed E-state index contributed by atoms with van der Waals surface area (Å²) in [5, 5.41) is 2.92. The van der Waals surface area contributed by atoms with E-state index >= 15 is 0 Å². The van der Waals surface area contributed by atoms with Crippen molar-refractivity contribution in [2.75, 3.05) is 40.8 Å². The van der Waals surface area contributed by atoms with Crippen molar-refractivity contribution in [2.45, 2.75) is 26.2 Å². The Kier molecular flexibility index (Phi) is 7.75. The fraction of sp³-hybridized carbons (Fsp3) is 0.556. The molecule has 23 heavy (non-hydrogen) atoms. The number of likely N-dealkylation sites (N-methyl/N-ethyl adjacent to an activating group) is 2. The number of nitrogens with one attached hydrogen (secondary N) is 2. The predicted molar refractivity (Wildman–Crippen MR) is 92.6 cm³/mol. The van der Waals surface area contributed by atoms with Gasteiger partial charge in [0.05, 0.1) is 7.05 Å². The normalized spacial score (nSPS) is 12.1. The van der Waals surface area contributed by atoms with Crippen LogP contribution in [0.3, 0.4) is 0 Å². The van der Waals surface area contributed by atoms with Gasteiger partial charge in [-0.15, -0.1) is 0 Å². The van der Waals surface area contributed by atoms with Gasteiger partial charge < -0.3 is 15.1 Å². The van der Waals surface area contributed by atoms with Crippen LogP contribution in [0.2, 0.25) is 0 Å². The number of rotatable bonds is 8. The first kappa shape index (κ1) is 19.2. The zero-order chi connectivity index (χ0) is 17.4. The van der Waals surface area contributed by atoms with Gasteiger partial charge in [0.25, 0.3) is 11.8 Å².